The third-order valence-electron chi connectivity index (χ3n) is 2.62. The van der Waals surface area contributed by atoms with Crippen LogP contribution in [0.3, 0.4) is 0 Å². The second kappa shape index (κ2) is 6.21. The highest BCUT2D eigenvalue weighted by atomic mass is 79.9. The monoisotopic (exact) mass is 354 g/mol. The third kappa shape index (κ3) is 3.27. The molecule has 0 unspecified atom stereocenters. The Kier molecular flexibility index (Phi) is 4.59. The Bertz CT molecular complexity index is 663. The zero-order valence-electron chi connectivity index (χ0n) is 10.6. The Morgan fingerprint density at radius 2 is 2.10 bits per heavy atom. The molecule has 2 aromatic rings. The molecule has 0 aliphatic heterocycles. The highest BCUT2D eigenvalue weighted by Gasteiger charge is 2.13. The molecule has 0 fully saturated rings. The van der Waals surface area contributed by atoms with Crippen LogP contribution in [0.2, 0.25) is 5.02 Å². The largest absolute Gasteiger partial charge is 0.323 e. The molecule has 1 amide bonds. The molecule has 4 N–H and O–H groups in total. The molecule has 0 saturated carbocycles. The molecule has 1 heterocycles. The Morgan fingerprint density at radius 1 is 1.35 bits per heavy atom. The first kappa shape index (κ1) is 14.8. The van der Waals surface area contributed by atoms with Crippen molar-refractivity contribution in [2.75, 3.05) is 10.7 Å². The van der Waals surface area contributed by atoms with E-state index in [1.807, 2.05) is 6.92 Å². The number of nitrogens with one attached hydrogen (secondary N) is 2. The van der Waals surface area contributed by atoms with Gasteiger partial charge in [0, 0.05) is 16.4 Å². The van der Waals surface area contributed by atoms with Crippen LogP contribution in [-0.2, 0) is 0 Å². The number of carbonyl (C=O) groups is 1. The predicted octanol–water partition coefficient (Wildman–Crippen LogP) is 3.34. The number of nitrogen functional groups attached to an aromatic ring is 1. The first-order chi connectivity index (χ1) is 9.51. The molecule has 0 radical (unpaired) electrons. The van der Waals surface area contributed by atoms with E-state index < -0.39 is 0 Å². The van der Waals surface area contributed by atoms with Gasteiger partial charge < -0.3 is 10.7 Å². The Hall–Kier alpha value is -1.63. The van der Waals surface area contributed by atoms with Crippen molar-refractivity contribution < 1.29 is 4.79 Å². The summed E-state index contributed by atoms with van der Waals surface area (Å²) in [7, 11) is 0. The minimum absolute atomic E-state index is 0.342. The standard InChI is InChI=1S/C13H12BrClN4O/c1-7-4-11(19-16)9(6-17-7)13(20)18-12-5-8(14)2-3-10(12)15/h2-6H,16H2,1H3,(H,17,19)(H,18,20). The van der Waals surface area contributed by atoms with Crippen LogP contribution in [0.25, 0.3) is 0 Å². The molecular weight excluding hydrogens is 344 g/mol. The fourth-order valence-corrected chi connectivity index (χ4v) is 2.17. The van der Waals surface area contributed by atoms with Gasteiger partial charge in [0.25, 0.3) is 5.91 Å². The highest BCUT2D eigenvalue weighted by Crippen LogP contribution is 2.26. The Morgan fingerprint density at radius 3 is 2.80 bits per heavy atom. The fraction of sp³-hybridized carbons (Fsp3) is 0.0769. The normalized spacial score (nSPS) is 10.2. The number of hydrogen-bond acceptors (Lipinski definition) is 4. The zero-order valence-corrected chi connectivity index (χ0v) is 12.9. The zero-order chi connectivity index (χ0) is 14.7. The van der Waals surface area contributed by atoms with E-state index in [0.29, 0.717) is 22.0 Å². The Labute approximate surface area is 129 Å². The summed E-state index contributed by atoms with van der Waals surface area (Å²) >= 11 is 9.36. The van der Waals surface area contributed by atoms with Gasteiger partial charge in [-0.15, -0.1) is 0 Å². The van der Waals surface area contributed by atoms with E-state index in [4.69, 9.17) is 17.4 Å². The molecule has 20 heavy (non-hydrogen) atoms. The van der Waals surface area contributed by atoms with Crippen LogP contribution in [0, 0.1) is 6.92 Å². The van der Waals surface area contributed by atoms with Gasteiger partial charge in [0.1, 0.15) is 0 Å². The van der Waals surface area contributed by atoms with Crippen molar-refractivity contribution in [2.24, 2.45) is 5.84 Å². The van der Waals surface area contributed by atoms with Crippen LogP contribution < -0.4 is 16.6 Å². The lowest BCUT2D eigenvalue weighted by atomic mass is 10.2. The van der Waals surface area contributed by atoms with Crippen molar-refractivity contribution in [3.05, 3.63) is 51.2 Å². The second-order valence-electron chi connectivity index (χ2n) is 4.09. The third-order valence-corrected chi connectivity index (χ3v) is 3.44. The molecule has 7 heteroatoms. The lowest BCUT2D eigenvalue weighted by Gasteiger charge is -2.11. The molecule has 0 atom stereocenters. The number of aryl methyl sites for hydroxylation is 1. The minimum atomic E-state index is -0.342. The maximum Gasteiger partial charge on any atom is 0.259 e. The molecule has 0 bridgehead atoms. The maximum absolute atomic E-state index is 12.2. The summed E-state index contributed by atoms with van der Waals surface area (Å²) in [6, 6.07) is 6.89. The summed E-state index contributed by atoms with van der Waals surface area (Å²) in [5.41, 5.74) is 4.60. The van der Waals surface area contributed by atoms with Crippen LogP contribution in [0.4, 0.5) is 11.4 Å². The van der Waals surface area contributed by atoms with Crippen molar-refractivity contribution in [1.82, 2.24) is 4.98 Å². The van der Waals surface area contributed by atoms with Crippen LogP contribution in [0.1, 0.15) is 16.1 Å². The average molecular weight is 356 g/mol. The molecule has 0 aliphatic rings. The number of hydrazine groups is 1. The SMILES string of the molecule is Cc1cc(NN)c(C(=O)Nc2cc(Br)ccc2Cl)cn1. The number of carbonyl (C=O) groups excluding carboxylic acids is 1. The quantitative estimate of drug-likeness (QED) is 0.583. The van der Waals surface area contributed by atoms with Crippen molar-refractivity contribution in [1.29, 1.82) is 0 Å². The molecule has 0 saturated heterocycles. The van der Waals surface area contributed by atoms with Gasteiger partial charge in [0.05, 0.1) is 22.0 Å². The second-order valence-corrected chi connectivity index (χ2v) is 5.42. The highest BCUT2D eigenvalue weighted by molar-refractivity contribution is 9.10. The lowest BCUT2D eigenvalue weighted by molar-refractivity contribution is 0.102. The van der Waals surface area contributed by atoms with Crippen LogP contribution >= 0.6 is 27.5 Å². The van der Waals surface area contributed by atoms with Crippen molar-refractivity contribution in [3.63, 3.8) is 0 Å². The number of benzene rings is 1. The van der Waals surface area contributed by atoms with Gasteiger partial charge in [-0.1, -0.05) is 27.5 Å². The summed E-state index contributed by atoms with van der Waals surface area (Å²) in [5.74, 6) is 5.07. The van der Waals surface area contributed by atoms with Gasteiger partial charge in [-0.25, -0.2) is 0 Å². The number of hydrogen-bond donors (Lipinski definition) is 3. The molecule has 1 aromatic carbocycles. The maximum atomic E-state index is 12.2. The predicted molar refractivity (Wildman–Crippen MR) is 83.9 cm³/mol. The molecular formula is C13H12BrClN4O. The van der Waals surface area contributed by atoms with Gasteiger partial charge in [-0.2, -0.15) is 0 Å². The van der Waals surface area contributed by atoms with E-state index in [0.717, 1.165) is 10.2 Å². The number of halogens is 2. The van der Waals surface area contributed by atoms with E-state index in [-0.39, 0.29) is 5.91 Å². The summed E-state index contributed by atoms with van der Waals surface area (Å²) < 4.78 is 0.816. The van der Waals surface area contributed by atoms with E-state index >= 15 is 0 Å². The van der Waals surface area contributed by atoms with E-state index in [1.165, 1.54) is 6.20 Å². The topological polar surface area (TPSA) is 80.0 Å². The minimum Gasteiger partial charge on any atom is -0.323 e. The number of nitrogens with two attached hydrogens (primary N) is 1. The Balaban J connectivity index is 2.30. The number of pyridine rings is 1. The fourth-order valence-electron chi connectivity index (χ4n) is 1.64. The summed E-state index contributed by atoms with van der Waals surface area (Å²) in [4.78, 5) is 16.3. The smallest absolute Gasteiger partial charge is 0.259 e. The molecule has 0 spiro atoms. The molecule has 5 nitrogen and oxygen atoms in total. The van der Waals surface area contributed by atoms with Crippen LogP contribution in [0.5, 0.6) is 0 Å². The van der Waals surface area contributed by atoms with Crippen molar-refractivity contribution in [2.45, 2.75) is 6.92 Å². The molecule has 0 aliphatic carbocycles. The molecule has 104 valence electrons. The molecule has 1 aromatic heterocycles. The lowest BCUT2D eigenvalue weighted by Crippen LogP contribution is -2.18. The number of amides is 1. The number of rotatable bonds is 3. The van der Waals surface area contributed by atoms with Crippen molar-refractivity contribution in [3.8, 4) is 0 Å². The van der Waals surface area contributed by atoms with Crippen LogP contribution in [0.15, 0.2) is 34.9 Å². The molecule has 2 rings (SSSR count). The van der Waals surface area contributed by atoms with E-state index in [9.17, 15) is 4.79 Å². The van der Waals surface area contributed by atoms with Gasteiger partial charge in [0.2, 0.25) is 0 Å². The van der Waals surface area contributed by atoms with Gasteiger partial charge in [-0.3, -0.25) is 15.6 Å². The van der Waals surface area contributed by atoms with Crippen molar-refractivity contribution >= 4 is 44.8 Å². The average Bonchev–Trinajstić information content (AvgIpc) is 2.42. The number of nitrogens with zero attached hydrogens (tertiary/aromatic N) is 1. The summed E-state index contributed by atoms with van der Waals surface area (Å²) in [6.07, 6.45) is 1.46. The summed E-state index contributed by atoms with van der Waals surface area (Å²) in [5, 5.41) is 3.17. The number of aromatic nitrogens is 1. The van der Waals surface area contributed by atoms with Gasteiger partial charge in [0.15, 0.2) is 0 Å². The summed E-state index contributed by atoms with van der Waals surface area (Å²) in [6.45, 7) is 1.81. The number of anilines is 2. The van der Waals surface area contributed by atoms with E-state index in [2.05, 4.69) is 31.7 Å². The van der Waals surface area contributed by atoms with Gasteiger partial charge >= 0.3 is 0 Å². The van der Waals surface area contributed by atoms with E-state index in [1.54, 1.807) is 24.3 Å². The first-order valence-corrected chi connectivity index (χ1v) is 6.88. The first-order valence-electron chi connectivity index (χ1n) is 5.71. The van der Waals surface area contributed by atoms with Crippen LogP contribution in [-0.4, -0.2) is 10.9 Å². The van der Waals surface area contributed by atoms with Gasteiger partial charge in [-0.05, 0) is 31.2 Å².